The fraction of sp³-hybridized carbons (Fsp3) is 0.417. The fourth-order valence-corrected chi connectivity index (χ4v) is 2.66. The molecule has 1 aromatic rings. The number of nitrogens with one attached hydrogen (secondary N) is 1. The number of nitrogens with zero attached hydrogens (tertiary/aromatic N) is 1. The van der Waals surface area contributed by atoms with Crippen LogP contribution in [0.4, 0.5) is 8.78 Å². The number of halogens is 2. The highest BCUT2D eigenvalue weighted by molar-refractivity contribution is 7.91. The molecule has 0 bridgehead atoms. The van der Waals surface area contributed by atoms with Crippen molar-refractivity contribution in [3.63, 3.8) is 0 Å². The molecule has 2 rings (SSSR count). The molecule has 1 N–H and O–H groups in total. The Morgan fingerprint density at radius 2 is 1.70 bits per heavy atom. The van der Waals surface area contributed by atoms with E-state index in [2.05, 4.69) is 5.32 Å². The highest BCUT2D eigenvalue weighted by Crippen LogP contribution is 2.19. The van der Waals surface area contributed by atoms with Crippen LogP contribution in [0.1, 0.15) is 10.4 Å². The molecule has 0 aromatic heterocycles. The zero-order valence-corrected chi connectivity index (χ0v) is 11.4. The molecule has 0 saturated carbocycles. The van der Waals surface area contributed by atoms with E-state index in [1.54, 1.807) is 4.90 Å². The van der Waals surface area contributed by atoms with Crippen molar-refractivity contribution in [1.29, 1.82) is 0 Å². The van der Waals surface area contributed by atoms with Crippen molar-refractivity contribution < 1.29 is 22.0 Å². The van der Waals surface area contributed by atoms with Gasteiger partial charge in [0.2, 0.25) is 9.84 Å². The summed E-state index contributed by atoms with van der Waals surface area (Å²) in [5.41, 5.74) is 0.292. The van der Waals surface area contributed by atoms with Gasteiger partial charge in [0, 0.05) is 31.7 Å². The van der Waals surface area contributed by atoms with Gasteiger partial charge in [-0.05, 0) is 24.3 Å². The van der Waals surface area contributed by atoms with Crippen LogP contribution in [-0.2, 0) is 9.84 Å². The molecule has 0 aliphatic carbocycles. The van der Waals surface area contributed by atoms with Crippen LogP contribution in [0.25, 0.3) is 0 Å². The Morgan fingerprint density at radius 3 is 2.20 bits per heavy atom. The summed E-state index contributed by atoms with van der Waals surface area (Å²) in [5, 5.41) is 3.11. The van der Waals surface area contributed by atoms with Crippen LogP contribution >= 0.6 is 0 Å². The molecule has 1 aromatic carbocycles. The average molecular weight is 304 g/mol. The predicted octanol–water partition coefficient (Wildman–Crippen LogP) is 0.728. The van der Waals surface area contributed by atoms with Gasteiger partial charge in [-0.3, -0.25) is 4.79 Å². The van der Waals surface area contributed by atoms with E-state index in [0.717, 1.165) is 12.1 Å². The Hall–Kier alpha value is -1.54. The minimum Gasteiger partial charge on any atom is -0.336 e. The molecule has 1 saturated heterocycles. The monoisotopic (exact) mass is 304 g/mol. The van der Waals surface area contributed by atoms with Crippen LogP contribution in [0, 0.1) is 0 Å². The van der Waals surface area contributed by atoms with E-state index in [1.165, 1.54) is 12.1 Å². The Labute approximate surface area is 115 Å². The van der Waals surface area contributed by atoms with Gasteiger partial charge < -0.3 is 10.2 Å². The minimum atomic E-state index is -4.61. The molecule has 110 valence electrons. The molecule has 1 aliphatic heterocycles. The molecule has 0 unspecified atom stereocenters. The third-order valence-electron chi connectivity index (χ3n) is 3.07. The summed E-state index contributed by atoms with van der Waals surface area (Å²) in [7, 11) is -4.61. The van der Waals surface area contributed by atoms with Gasteiger partial charge in [0.1, 0.15) is 0 Å². The largest absolute Gasteiger partial charge is 0.341 e. The van der Waals surface area contributed by atoms with E-state index in [9.17, 15) is 22.0 Å². The van der Waals surface area contributed by atoms with Crippen LogP contribution in [0.2, 0.25) is 0 Å². The predicted molar refractivity (Wildman–Crippen MR) is 68.4 cm³/mol. The maximum Gasteiger partial charge on any atom is 0.341 e. The van der Waals surface area contributed by atoms with E-state index in [1.807, 2.05) is 0 Å². The van der Waals surface area contributed by atoms with Gasteiger partial charge in [-0.15, -0.1) is 0 Å². The molecular weight excluding hydrogens is 290 g/mol. The van der Waals surface area contributed by atoms with Crippen molar-refractivity contribution in [3.8, 4) is 0 Å². The summed E-state index contributed by atoms with van der Waals surface area (Å²) in [6.45, 7) is 2.53. The number of piperazine rings is 1. The Bertz CT molecular complexity index is 581. The average Bonchev–Trinajstić information content (AvgIpc) is 2.47. The number of rotatable bonds is 3. The first-order chi connectivity index (χ1) is 9.43. The number of benzene rings is 1. The minimum absolute atomic E-state index is 0.229. The van der Waals surface area contributed by atoms with Crippen LogP contribution in [0.15, 0.2) is 29.2 Å². The Morgan fingerprint density at radius 1 is 1.15 bits per heavy atom. The quantitative estimate of drug-likeness (QED) is 0.894. The molecule has 5 nitrogen and oxygen atoms in total. The van der Waals surface area contributed by atoms with E-state index < -0.39 is 20.5 Å². The maximum atomic E-state index is 12.4. The number of hydrogen-bond donors (Lipinski definition) is 1. The number of alkyl halides is 2. The highest BCUT2D eigenvalue weighted by atomic mass is 32.2. The first kappa shape index (κ1) is 14.9. The number of hydrogen-bond acceptors (Lipinski definition) is 4. The molecule has 0 atom stereocenters. The second-order valence-corrected chi connectivity index (χ2v) is 6.29. The Balaban J connectivity index is 2.18. The van der Waals surface area contributed by atoms with Gasteiger partial charge in [-0.1, -0.05) is 0 Å². The van der Waals surface area contributed by atoms with Crippen molar-refractivity contribution >= 4 is 15.7 Å². The van der Waals surface area contributed by atoms with Crippen LogP contribution in [0.3, 0.4) is 0 Å². The van der Waals surface area contributed by atoms with Crippen molar-refractivity contribution in [2.45, 2.75) is 10.7 Å². The van der Waals surface area contributed by atoms with Gasteiger partial charge in [0.05, 0.1) is 4.90 Å². The third-order valence-corrected chi connectivity index (χ3v) is 4.47. The lowest BCUT2D eigenvalue weighted by Crippen LogP contribution is -2.46. The standard InChI is InChI=1S/C12H14F2N2O3S/c13-12(14)20(18,19)10-3-1-9(2-4-10)11(17)16-7-5-15-6-8-16/h1-4,12,15H,5-8H2. The van der Waals surface area contributed by atoms with Crippen molar-refractivity contribution in [2.75, 3.05) is 26.2 Å². The third kappa shape index (κ3) is 2.96. The topological polar surface area (TPSA) is 66.5 Å². The summed E-state index contributed by atoms with van der Waals surface area (Å²) in [4.78, 5) is 13.2. The summed E-state index contributed by atoms with van der Waals surface area (Å²) >= 11 is 0. The molecule has 1 amide bonds. The number of carbonyl (C=O) groups is 1. The molecular formula is C12H14F2N2O3S. The summed E-state index contributed by atoms with van der Waals surface area (Å²) in [5.74, 6) is -3.69. The first-order valence-corrected chi connectivity index (χ1v) is 7.59. The SMILES string of the molecule is O=C(c1ccc(S(=O)(=O)C(F)F)cc1)N1CCNCC1. The van der Waals surface area contributed by atoms with Crippen molar-refractivity contribution in [3.05, 3.63) is 29.8 Å². The Kier molecular flexibility index (Phi) is 4.34. The van der Waals surface area contributed by atoms with E-state index in [4.69, 9.17) is 0 Å². The van der Waals surface area contributed by atoms with Crippen molar-refractivity contribution in [1.82, 2.24) is 10.2 Å². The second-order valence-electron chi connectivity index (χ2n) is 4.37. The molecule has 1 fully saturated rings. The van der Waals surface area contributed by atoms with E-state index in [-0.39, 0.29) is 5.91 Å². The first-order valence-electron chi connectivity index (χ1n) is 6.05. The van der Waals surface area contributed by atoms with Crippen LogP contribution in [0.5, 0.6) is 0 Å². The molecule has 0 spiro atoms. The van der Waals surface area contributed by atoms with Crippen LogP contribution < -0.4 is 5.32 Å². The van der Waals surface area contributed by atoms with Gasteiger partial charge in [0.15, 0.2) is 0 Å². The molecule has 8 heteroatoms. The van der Waals surface area contributed by atoms with Crippen LogP contribution in [-0.4, -0.2) is 51.2 Å². The summed E-state index contributed by atoms with van der Waals surface area (Å²) < 4.78 is 47.3. The maximum absolute atomic E-state index is 12.4. The zero-order valence-electron chi connectivity index (χ0n) is 10.6. The molecule has 20 heavy (non-hydrogen) atoms. The summed E-state index contributed by atoms with van der Waals surface area (Å²) in [6, 6.07) is 4.60. The second kappa shape index (κ2) is 5.84. The molecule has 0 radical (unpaired) electrons. The lowest BCUT2D eigenvalue weighted by atomic mass is 10.2. The molecule has 1 aliphatic rings. The summed E-state index contributed by atoms with van der Waals surface area (Å²) in [6.07, 6.45) is 0. The lowest BCUT2D eigenvalue weighted by Gasteiger charge is -2.27. The lowest BCUT2D eigenvalue weighted by molar-refractivity contribution is 0.0735. The smallest absolute Gasteiger partial charge is 0.336 e. The zero-order chi connectivity index (χ0) is 14.8. The van der Waals surface area contributed by atoms with E-state index >= 15 is 0 Å². The van der Waals surface area contributed by atoms with Gasteiger partial charge in [-0.2, -0.15) is 8.78 Å². The number of sulfone groups is 1. The van der Waals surface area contributed by atoms with Gasteiger partial charge >= 0.3 is 5.76 Å². The molecule has 1 heterocycles. The van der Waals surface area contributed by atoms with E-state index in [0.29, 0.717) is 31.7 Å². The highest BCUT2D eigenvalue weighted by Gasteiger charge is 2.27. The van der Waals surface area contributed by atoms with Gasteiger partial charge in [-0.25, -0.2) is 8.42 Å². The normalized spacial score (nSPS) is 16.4. The van der Waals surface area contributed by atoms with Crippen molar-refractivity contribution in [2.24, 2.45) is 0 Å². The van der Waals surface area contributed by atoms with Gasteiger partial charge in [0.25, 0.3) is 5.91 Å². The number of carbonyl (C=O) groups excluding carboxylic acids is 1. The fourth-order valence-electron chi connectivity index (χ4n) is 1.94. The number of amides is 1.